The van der Waals surface area contributed by atoms with E-state index in [0.717, 1.165) is 17.5 Å². The van der Waals surface area contributed by atoms with Gasteiger partial charge in [0.15, 0.2) is 0 Å². The molecule has 0 radical (unpaired) electrons. The number of hydrogen-bond donors (Lipinski definition) is 1. The van der Waals surface area contributed by atoms with Gasteiger partial charge < -0.3 is 10.3 Å². The third-order valence-corrected chi connectivity index (χ3v) is 3.95. The van der Waals surface area contributed by atoms with Gasteiger partial charge in [-0.25, -0.2) is 4.98 Å². The summed E-state index contributed by atoms with van der Waals surface area (Å²) < 4.78 is 13.2. The molecular weight excluding hydrogens is 246 g/mol. The molecule has 2 rings (SSSR count). The molecule has 1 aromatic carbocycles. The molecule has 0 aliphatic carbocycles. The highest BCUT2D eigenvalue weighted by Crippen LogP contribution is 2.25. The summed E-state index contributed by atoms with van der Waals surface area (Å²) in [4.78, 5) is 4.37. The van der Waals surface area contributed by atoms with Gasteiger partial charge >= 0.3 is 0 Å². The predicted molar refractivity (Wildman–Crippen MR) is 77.1 cm³/mol. The Morgan fingerprint density at radius 2 is 2.22 bits per heavy atom. The summed E-state index contributed by atoms with van der Waals surface area (Å²) in [5, 5.41) is 0. The Kier molecular flexibility index (Phi) is 3.71. The Balaban J connectivity index is 2.39. The summed E-state index contributed by atoms with van der Waals surface area (Å²) in [5.74, 6) is 1.22. The van der Waals surface area contributed by atoms with E-state index >= 15 is 0 Å². The topological polar surface area (TPSA) is 60.9 Å². The Morgan fingerprint density at radius 3 is 2.89 bits per heavy atom. The second-order valence-electron chi connectivity index (χ2n) is 4.75. The van der Waals surface area contributed by atoms with E-state index in [1.807, 2.05) is 16.7 Å². The molecule has 2 aromatic rings. The number of nitrogens with zero attached hydrogens (tertiary/aromatic N) is 2. The summed E-state index contributed by atoms with van der Waals surface area (Å²) in [6.07, 6.45) is 2.57. The monoisotopic (exact) mass is 265 g/mol. The smallest absolute Gasteiger partial charge is 0.201 e. The molecule has 0 saturated heterocycles. The lowest BCUT2D eigenvalue weighted by atomic mass is 10.2. The van der Waals surface area contributed by atoms with Gasteiger partial charge in [0.25, 0.3) is 0 Å². The van der Waals surface area contributed by atoms with E-state index in [1.165, 1.54) is 5.56 Å². The highest BCUT2D eigenvalue weighted by molar-refractivity contribution is 7.84. The van der Waals surface area contributed by atoms with E-state index in [1.54, 1.807) is 6.26 Å². The maximum Gasteiger partial charge on any atom is 0.201 e. The number of fused-ring (bicyclic) bond motifs is 1. The van der Waals surface area contributed by atoms with E-state index in [-0.39, 0.29) is 6.04 Å². The van der Waals surface area contributed by atoms with Crippen molar-refractivity contribution in [3.05, 3.63) is 23.8 Å². The minimum Gasteiger partial charge on any atom is -0.369 e. The number of nitrogen functional groups attached to an aromatic ring is 1. The second kappa shape index (κ2) is 5.10. The molecule has 0 spiro atoms. The van der Waals surface area contributed by atoms with Crippen molar-refractivity contribution in [2.75, 3.05) is 17.7 Å². The lowest BCUT2D eigenvalue weighted by Gasteiger charge is -2.15. The number of aromatic nitrogens is 2. The van der Waals surface area contributed by atoms with Gasteiger partial charge in [-0.3, -0.25) is 4.21 Å². The van der Waals surface area contributed by atoms with Crippen LogP contribution >= 0.6 is 0 Å². The fourth-order valence-corrected chi connectivity index (χ4v) is 2.82. The molecule has 2 N–H and O–H groups in total. The number of benzene rings is 1. The van der Waals surface area contributed by atoms with Crippen molar-refractivity contribution >= 4 is 27.8 Å². The van der Waals surface area contributed by atoms with Gasteiger partial charge in [0.1, 0.15) is 0 Å². The summed E-state index contributed by atoms with van der Waals surface area (Å²) >= 11 is 0. The predicted octanol–water partition coefficient (Wildman–Crippen LogP) is 2.26. The van der Waals surface area contributed by atoms with Crippen LogP contribution in [0.25, 0.3) is 11.0 Å². The largest absolute Gasteiger partial charge is 0.369 e. The minimum atomic E-state index is -0.767. The number of rotatable bonds is 4. The molecule has 1 heterocycles. The molecule has 5 heteroatoms. The Bertz CT molecular complexity index is 591. The van der Waals surface area contributed by atoms with Crippen LogP contribution in [0, 0.1) is 6.92 Å². The first-order chi connectivity index (χ1) is 8.49. The average Bonchev–Trinajstić information content (AvgIpc) is 2.61. The van der Waals surface area contributed by atoms with Crippen LogP contribution in [-0.4, -0.2) is 25.8 Å². The van der Waals surface area contributed by atoms with Crippen molar-refractivity contribution in [1.82, 2.24) is 9.55 Å². The van der Waals surface area contributed by atoms with Crippen molar-refractivity contribution in [1.29, 1.82) is 0 Å². The average molecular weight is 265 g/mol. The molecule has 0 aliphatic heterocycles. The molecule has 4 nitrogen and oxygen atoms in total. The van der Waals surface area contributed by atoms with E-state index < -0.39 is 10.8 Å². The van der Waals surface area contributed by atoms with Crippen molar-refractivity contribution in [3.63, 3.8) is 0 Å². The fraction of sp³-hybridized carbons (Fsp3) is 0.462. The van der Waals surface area contributed by atoms with Gasteiger partial charge in [-0.2, -0.15) is 0 Å². The van der Waals surface area contributed by atoms with E-state index in [0.29, 0.717) is 11.7 Å². The number of imidazole rings is 1. The van der Waals surface area contributed by atoms with E-state index in [2.05, 4.69) is 24.9 Å². The highest BCUT2D eigenvalue weighted by atomic mass is 32.2. The Labute approximate surface area is 110 Å². The highest BCUT2D eigenvalue weighted by Gasteiger charge is 2.14. The zero-order chi connectivity index (χ0) is 13.3. The Morgan fingerprint density at radius 1 is 1.50 bits per heavy atom. The molecule has 1 aromatic heterocycles. The number of anilines is 1. The maximum atomic E-state index is 11.2. The first-order valence-corrected chi connectivity index (χ1v) is 7.76. The fourth-order valence-electron chi connectivity index (χ4n) is 2.15. The molecule has 2 atom stereocenters. The number of nitrogens with two attached hydrogens (primary N) is 1. The number of aryl methyl sites for hydroxylation is 1. The van der Waals surface area contributed by atoms with Crippen LogP contribution in [0.5, 0.6) is 0 Å². The first kappa shape index (κ1) is 13.1. The van der Waals surface area contributed by atoms with Crippen LogP contribution in [0.2, 0.25) is 0 Å². The second-order valence-corrected chi connectivity index (χ2v) is 6.30. The van der Waals surface area contributed by atoms with Gasteiger partial charge in [0.2, 0.25) is 5.95 Å². The summed E-state index contributed by atoms with van der Waals surface area (Å²) in [6, 6.07) is 6.33. The zero-order valence-electron chi connectivity index (χ0n) is 11.0. The molecular formula is C13H19N3OS. The summed E-state index contributed by atoms with van der Waals surface area (Å²) in [5.41, 5.74) is 9.15. The van der Waals surface area contributed by atoms with Crippen LogP contribution in [0.1, 0.15) is 24.9 Å². The first-order valence-electron chi connectivity index (χ1n) is 6.03. The normalized spacial score (nSPS) is 14.8. The molecule has 0 amide bonds. The van der Waals surface area contributed by atoms with Crippen molar-refractivity contribution in [2.45, 2.75) is 26.3 Å². The van der Waals surface area contributed by atoms with Gasteiger partial charge in [-0.15, -0.1) is 0 Å². The Hall–Kier alpha value is -1.36. The standard InChI is InChI=1S/C13H19N3OS/c1-9-4-5-11-12(8-9)16(13(14)15-11)10(2)6-7-18(3)17/h4-5,8,10H,6-7H2,1-3H3,(H2,14,15). The quantitative estimate of drug-likeness (QED) is 0.922. The van der Waals surface area contributed by atoms with E-state index in [9.17, 15) is 4.21 Å². The third-order valence-electron chi connectivity index (χ3n) is 3.14. The molecule has 98 valence electrons. The summed E-state index contributed by atoms with van der Waals surface area (Å²) in [7, 11) is -0.767. The van der Waals surface area contributed by atoms with E-state index in [4.69, 9.17) is 5.73 Å². The molecule has 0 fully saturated rings. The number of hydrogen-bond acceptors (Lipinski definition) is 3. The molecule has 2 unspecified atom stereocenters. The van der Waals surface area contributed by atoms with Crippen molar-refractivity contribution in [2.24, 2.45) is 0 Å². The van der Waals surface area contributed by atoms with Crippen LogP contribution in [-0.2, 0) is 10.8 Å². The molecule has 18 heavy (non-hydrogen) atoms. The SMILES string of the molecule is Cc1ccc2nc(N)n(C(C)CCS(C)=O)c2c1. The van der Waals surface area contributed by atoms with Crippen molar-refractivity contribution < 1.29 is 4.21 Å². The van der Waals surface area contributed by atoms with Gasteiger partial charge in [-0.1, -0.05) is 6.07 Å². The lowest BCUT2D eigenvalue weighted by Crippen LogP contribution is -2.11. The van der Waals surface area contributed by atoms with Gasteiger partial charge in [0.05, 0.1) is 11.0 Å². The maximum absolute atomic E-state index is 11.2. The zero-order valence-corrected chi connectivity index (χ0v) is 11.8. The van der Waals surface area contributed by atoms with Crippen molar-refractivity contribution in [3.8, 4) is 0 Å². The van der Waals surface area contributed by atoms with Crippen LogP contribution < -0.4 is 5.73 Å². The van der Waals surface area contributed by atoms with Gasteiger partial charge in [-0.05, 0) is 38.0 Å². The summed E-state index contributed by atoms with van der Waals surface area (Å²) in [6.45, 7) is 4.14. The minimum absolute atomic E-state index is 0.209. The van der Waals surface area contributed by atoms with Crippen LogP contribution in [0.15, 0.2) is 18.2 Å². The molecule has 0 aliphatic rings. The van der Waals surface area contributed by atoms with Gasteiger partial charge in [0, 0.05) is 28.9 Å². The molecule has 0 bridgehead atoms. The molecule has 0 saturated carbocycles. The van der Waals surface area contributed by atoms with Crippen LogP contribution in [0.3, 0.4) is 0 Å². The third kappa shape index (κ3) is 2.56. The van der Waals surface area contributed by atoms with Crippen LogP contribution in [0.4, 0.5) is 5.95 Å². The lowest BCUT2D eigenvalue weighted by molar-refractivity contribution is 0.552.